The predicted octanol–water partition coefficient (Wildman–Crippen LogP) is 0.992. The van der Waals surface area contributed by atoms with Crippen LogP contribution in [-0.4, -0.2) is 54.1 Å². The Hall–Kier alpha value is -1.20. The molecule has 2 N–H and O–H groups in total. The van der Waals surface area contributed by atoms with Crippen molar-refractivity contribution in [3.05, 3.63) is 18.0 Å². The third-order valence-corrected chi connectivity index (χ3v) is 3.27. The van der Waals surface area contributed by atoms with Crippen LogP contribution in [0.3, 0.4) is 0 Å². The van der Waals surface area contributed by atoms with Crippen LogP contribution in [0.1, 0.15) is 19.4 Å². The molecule has 19 heavy (non-hydrogen) atoms. The smallest absolute Gasteiger partial charge is 0.222 e. The Labute approximate surface area is 115 Å². The topological polar surface area (TPSA) is 53.1 Å². The Balaban J connectivity index is 1.70. The van der Waals surface area contributed by atoms with Gasteiger partial charge in [0.25, 0.3) is 0 Å². The van der Waals surface area contributed by atoms with Crippen molar-refractivity contribution in [1.29, 1.82) is 0 Å². The summed E-state index contributed by atoms with van der Waals surface area (Å²) in [4.78, 5) is 11.2. The van der Waals surface area contributed by atoms with Crippen molar-refractivity contribution >= 4 is 5.95 Å². The summed E-state index contributed by atoms with van der Waals surface area (Å²) in [6, 6.07) is 0. The zero-order valence-corrected chi connectivity index (χ0v) is 12.0. The van der Waals surface area contributed by atoms with E-state index in [4.69, 9.17) is 0 Å². The molecule has 2 rings (SSSR count). The quantitative estimate of drug-likeness (QED) is 0.802. The maximum atomic E-state index is 4.36. The highest BCUT2D eigenvalue weighted by Gasteiger charge is 2.08. The molecule has 1 saturated heterocycles. The molecule has 1 aromatic rings. The first-order valence-electron chi connectivity index (χ1n) is 7.22. The molecule has 0 spiro atoms. The Bertz CT molecular complexity index is 357. The molecule has 1 aliphatic rings. The van der Waals surface area contributed by atoms with Crippen LogP contribution in [-0.2, 0) is 6.42 Å². The van der Waals surface area contributed by atoms with Crippen LogP contribution in [0.4, 0.5) is 5.95 Å². The molecule has 0 aromatic carbocycles. The minimum atomic E-state index is 0.648. The molecule has 0 radical (unpaired) electrons. The molecule has 0 atom stereocenters. The summed E-state index contributed by atoms with van der Waals surface area (Å²) in [6.07, 6.45) is 4.90. The first-order valence-corrected chi connectivity index (χ1v) is 7.22. The van der Waals surface area contributed by atoms with E-state index in [9.17, 15) is 0 Å². The lowest BCUT2D eigenvalue weighted by molar-refractivity contribution is 0.249. The third kappa shape index (κ3) is 5.12. The summed E-state index contributed by atoms with van der Waals surface area (Å²) in [5.41, 5.74) is 1.21. The highest BCUT2D eigenvalue weighted by atomic mass is 15.2. The number of hydrogen-bond donors (Lipinski definition) is 2. The van der Waals surface area contributed by atoms with Crippen LogP contribution in [0.5, 0.6) is 0 Å². The second-order valence-corrected chi connectivity index (χ2v) is 5.53. The van der Waals surface area contributed by atoms with Gasteiger partial charge in [-0.1, -0.05) is 13.8 Å². The summed E-state index contributed by atoms with van der Waals surface area (Å²) in [5, 5.41) is 6.65. The van der Waals surface area contributed by atoms with Crippen LogP contribution in [0.25, 0.3) is 0 Å². The number of nitrogens with zero attached hydrogens (tertiary/aromatic N) is 3. The van der Waals surface area contributed by atoms with E-state index in [1.54, 1.807) is 0 Å². The Morgan fingerprint density at radius 1 is 1.26 bits per heavy atom. The van der Waals surface area contributed by atoms with Gasteiger partial charge in [-0.05, 0) is 17.9 Å². The van der Waals surface area contributed by atoms with Crippen molar-refractivity contribution in [3.63, 3.8) is 0 Å². The first-order chi connectivity index (χ1) is 9.24. The van der Waals surface area contributed by atoms with E-state index in [-0.39, 0.29) is 0 Å². The lowest BCUT2D eigenvalue weighted by Crippen LogP contribution is -2.45. The van der Waals surface area contributed by atoms with E-state index in [2.05, 4.69) is 39.3 Å². The minimum absolute atomic E-state index is 0.648. The highest BCUT2D eigenvalue weighted by Crippen LogP contribution is 2.06. The molecule has 0 unspecified atom stereocenters. The number of anilines is 1. The molecule has 1 aliphatic heterocycles. The van der Waals surface area contributed by atoms with E-state index in [1.807, 2.05) is 12.4 Å². The number of piperazine rings is 1. The molecule has 2 heterocycles. The maximum absolute atomic E-state index is 4.36. The van der Waals surface area contributed by atoms with Gasteiger partial charge in [-0.2, -0.15) is 0 Å². The molecular weight excluding hydrogens is 238 g/mol. The van der Waals surface area contributed by atoms with Gasteiger partial charge in [0.05, 0.1) is 0 Å². The summed E-state index contributed by atoms with van der Waals surface area (Å²) in [5.74, 6) is 1.39. The molecule has 1 fully saturated rings. The fraction of sp³-hybridized carbons (Fsp3) is 0.714. The monoisotopic (exact) mass is 263 g/mol. The van der Waals surface area contributed by atoms with Crippen LogP contribution in [0.2, 0.25) is 0 Å². The van der Waals surface area contributed by atoms with Crippen LogP contribution < -0.4 is 10.6 Å². The van der Waals surface area contributed by atoms with Crippen LogP contribution in [0.15, 0.2) is 12.4 Å². The standard InChI is InChI=1S/C14H25N5/c1-12(2)9-13-10-17-14(18-11-13)16-5-8-19-6-3-15-4-7-19/h10-12,15H,3-9H2,1-2H3,(H,16,17,18). The fourth-order valence-corrected chi connectivity index (χ4v) is 2.28. The molecule has 106 valence electrons. The average Bonchev–Trinajstić information content (AvgIpc) is 2.41. The summed E-state index contributed by atoms with van der Waals surface area (Å²) in [6.45, 7) is 10.8. The maximum Gasteiger partial charge on any atom is 0.222 e. The van der Waals surface area contributed by atoms with Gasteiger partial charge in [-0.3, -0.25) is 4.90 Å². The van der Waals surface area contributed by atoms with E-state index < -0.39 is 0 Å². The summed E-state index contributed by atoms with van der Waals surface area (Å²) < 4.78 is 0. The second kappa shape index (κ2) is 7.40. The van der Waals surface area contributed by atoms with Gasteiger partial charge in [0.2, 0.25) is 5.95 Å². The van der Waals surface area contributed by atoms with Crippen LogP contribution in [0, 0.1) is 5.92 Å². The molecule has 5 nitrogen and oxygen atoms in total. The number of hydrogen-bond acceptors (Lipinski definition) is 5. The molecule has 1 aromatic heterocycles. The molecule has 5 heteroatoms. The van der Waals surface area contributed by atoms with E-state index >= 15 is 0 Å². The van der Waals surface area contributed by atoms with E-state index in [1.165, 1.54) is 5.56 Å². The van der Waals surface area contributed by atoms with E-state index in [0.29, 0.717) is 5.92 Å². The Morgan fingerprint density at radius 2 is 1.95 bits per heavy atom. The minimum Gasteiger partial charge on any atom is -0.353 e. The number of nitrogens with one attached hydrogen (secondary N) is 2. The number of rotatable bonds is 6. The van der Waals surface area contributed by atoms with Crippen molar-refractivity contribution in [1.82, 2.24) is 20.2 Å². The Morgan fingerprint density at radius 3 is 2.58 bits per heavy atom. The second-order valence-electron chi connectivity index (χ2n) is 5.53. The lowest BCUT2D eigenvalue weighted by atomic mass is 10.1. The highest BCUT2D eigenvalue weighted by molar-refractivity contribution is 5.24. The van der Waals surface area contributed by atoms with Crippen molar-refractivity contribution in [2.45, 2.75) is 20.3 Å². The van der Waals surface area contributed by atoms with Gasteiger partial charge in [0.1, 0.15) is 0 Å². The molecular formula is C14H25N5. The van der Waals surface area contributed by atoms with Crippen molar-refractivity contribution < 1.29 is 0 Å². The van der Waals surface area contributed by atoms with Gasteiger partial charge in [0.15, 0.2) is 0 Å². The van der Waals surface area contributed by atoms with E-state index in [0.717, 1.165) is 51.6 Å². The summed E-state index contributed by atoms with van der Waals surface area (Å²) in [7, 11) is 0. The zero-order valence-electron chi connectivity index (χ0n) is 12.0. The zero-order chi connectivity index (χ0) is 13.5. The molecule has 0 saturated carbocycles. The van der Waals surface area contributed by atoms with Crippen LogP contribution >= 0.6 is 0 Å². The molecule has 0 bridgehead atoms. The fourth-order valence-electron chi connectivity index (χ4n) is 2.28. The van der Waals surface area contributed by atoms with Gasteiger partial charge < -0.3 is 10.6 Å². The largest absolute Gasteiger partial charge is 0.353 e. The third-order valence-electron chi connectivity index (χ3n) is 3.27. The molecule has 0 amide bonds. The first kappa shape index (κ1) is 14.2. The van der Waals surface area contributed by atoms with Crippen molar-refractivity contribution in [2.75, 3.05) is 44.6 Å². The summed E-state index contributed by atoms with van der Waals surface area (Å²) >= 11 is 0. The van der Waals surface area contributed by atoms with Crippen molar-refractivity contribution in [3.8, 4) is 0 Å². The van der Waals surface area contributed by atoms with Gasteiger partial charge in [0, 0.05) is 51.7 Å². The molecule has 0 aliphatic carbocycles. The van der Waals surface area contributed by atoms with Gasteiger partial charge >= 0.3 is 0 Å². The van der Waals surface area contributed by atoms with Gasteiger partial charge in [-0.25, -0.2) is 9.97 Å². The Kier molecular flexibility index (Phi) is 5.54. The average molecular weight is 263 g/mol. The van der Waals surface area contributed by atoms with Crippen molar-refractivity contribution in [2.24, 2.45) is 5.92 Å². The lowest BCUT2D eigenvalue weighted by Gasteiger charge is -2.27. The normalized spacial score (nSPS) is 16.8. The predicted molar refractivity (Wildman–Crippen MR) is 78.4 cm³/mol. The number of aromatic nitrogens is 2. The van der Waals surface area contributed by atoms with Gasteiger partial charge in [-0.15, -0.1) is 0 Å². The SMILES string of the molecule is CC(C)Cc1cnc(NCCN2CCNCC2)nc1.